The van der Waals surface area contributed by atoms with Gasteiger partial charge in [0.15, 0.2) is 11.6 Å². The van der Waals surface area contributed by atoms with Gasteiger partial charge in [-0.15, -0.1) is 0 Å². The van der Waals surface area contributed by atoms with Crippen LogP contribution in [0.15, 0.2) is 57.7 Å². The second kappa shape index (κ2) is 9.23. The zero-order valence-corrected chi connectivity index (χ0v) is 20.3. The van der Waals surface area contributed by atoms with Crippen molar-refractivity contribution in [1.29, 1.82) is 0 Å². The lowest BCUT2D eigenvalue weighted by atomic mass is 10.1. The maximum Gasteiger partial charge on any atom is 0.233 e. The molecular formula is C27H27FN6O2. The van der Waals surface area contributed by atoms with E-state index in [1.165, 1.54) is 0 Å². The number of rotatable bonds is 5. The van der Waals surface area contributed by atoms with Gasteiger partial charge in [-0.05, 0) is 50.2 Å². The number of amidine groups is 1. The summed E-state index contributed by atoms with van der Waals surface area (Å²) in [7, 11) is 2.10. The van der Waals surface area contributed by atoms with Gasteiger partial charge >= 0.3 is 0 Å². The minimum atomic E-state index is -0.371. The zero-order chi connectivity index (χ0) is 24.6. The molecule has 0 saturated carbocycles. The van der Waals surface area contributed by atoms with Crippen molar-refractivity contribution in [2.75, 3.05) is 50.0 Å². The van der Waals surface area contributed by atoms with E-state index in [0.717, 1.165) is 60.9 Å². The molecule has 1 aromatic carbocycles. The van der Waals surface area contributed by atoms with Gasteiger partial charge in [0.1, 0.15) is 17.4 Å². The maximum atomic E-state index is 15.3. The largest absolute Gasteiger partial charge is 0.465 e. The van der Waals surface area contributed by atoms with E-state index in [2.05, 4.69) is 32.1 Å². The Morgan fingerprint density at radius 3 is 2.75 bits per heavy atom. The standard InChI is InChI=1S/C27H27FN6O2/c1-17-12-18-5-6-22(26(28)20(18)13-17)36-25-15-24(34-9-7-33(2)8-10-34)31-27(32-25)30-23-14-19(16-29-23)21-4-3-11-35-21/h3-6,11,13-15H,7-10,12,16H2,1-2H3,(H,29,30,31,32). The van der Waals surface area contributed by atoms with Crippen LogP contribution in [0, 0.1) is 5.82 Å². The SMILES string of the molecule is CC1=Cc2c(ccc(Oc3cc(N4CCN(C)CC4)nc(NC4=NCC(c5ccco5)=C4)n3)c2F)C1. The lowest BCUT2D eigenvalue weighted by molar-refractivity contribution is 0.312. The second-order valence-electron chi connectivity index (χ2n) is 9.37. The fourth-order valence-electron chi connectivity index (χ4n) is 4.66. The van der Waals surface area contributed by atoms with Gasteiger partial charge in [-0.1, -0.05) is 17.7 Å². The van der Waals surface area contributed by atoms with Crippen LogP contribution in [0.25, 0.3) is 11.6 Å². The first-order chi connectivity index (χ1) is 17.5. The number of anilines is 2. The third kappa shape index (κ3) is 4.49. The van der Waals surface area contributed by atoms with E-state index in [1.807, 2.05) is 37.3 Å². The molecule has 1 fully saturated rings. The van der Waals surface area contributed by atoms with E-state index in [4.69, 9.17) is 14.1 Å². The molecular weight excluding hydrogens is 459 g/mol. The predicted octanol–water partition coefficient (Wildman–Crippen LogP) is 4.62. The fraction of sp³-hybridized carbons (Fsp3) is 0.296. The highest BCUT2D eigenvalue weighted by atomic mass is 19.1. The molecule has 2 aromatic heterocycles. The number of fused-ring (bicyclic) bond motifs is 1. The molecule has 0 unspecified atom stereocenters. The summed E-state index contributed by atoms with van der Waals surface area (Å²) in [5.41, 5.74) is 3.66. The summed E-state index contributed by atoms with van der Waals surface area (Å²) in [5.74, 6) is 2.52. The molecule has 184 valence electrons. The van der Waals surface area contributed by atoms with E-state index in [1.54, 1.807) is 18.4 Å². The highest BCUT2D eigenvalue weighted by Gasteiger charge is 2.22. The third-order valence-corrected chi connectivity index (χ3v) is 6.63. The highest BCUT2D eigenvalue weighted by Crippen LogP contribution is 2.35. The van der Waals surface area contributed by atoms with Crippen LogP contribution in [0.4, 0.5) is 16.2 Å². The Hall–Kier alpha value is -3.98. The second-order valence-corrected chi connectivity index (χ2v) is 9.37. The summed E-state index contributed by atoms with van der Waals surface area (Å²) < 4.78 is 26.7. The van der Waals surface area contributed by atoms with Crippen molar-refractivity contribution in [3.05, 3.63) is 70.9 Å². The van der Waals surface area contributed by atoms with E-state index in [9.17, 15) is 0 Å². The first-order valence-electron chi connectivity index (χ1n) is 12.1. The number of hydrogen-bond donors (Lipinski definition) is 1. The number of halogens is 1. The Kier molecular flexibility index (Phi) is 5.77. The van der Waals surface area contributed by atoms with Crippen molar-refractivity contribution in [2.45, 2.75) is 13.3 Å². The minimum Gasteiger partial charge on any atom is -0.465 e. The van der Waals surface area contributed by atoms with E-state index < -0.39 is 0 Å². The van der Waals surface area contributed by atoms with Crippen LogP contribution in [0.2, 0.25) is 0 Å². The Bertz CT molecular complexity index is 1390. The van der Waals surface area contributed by atoms with Crippen LogP contribution < -0.4 is 15.0 Å². The first kappa shape index (κ1) is 22.5. The molecule has 3 aliphatic rings. The van der Waals surface area contributed by atoms with Crippen LogP contribution >= 0.6 is 0 Å². The normalized spacial score (nSPS) is 17.5. The molecule has 4 heterocycles. The summed E-state index contributed by atoms with van der Waals surface area (Å²) in [5, 5.41) is 3.20. The van der Waals surface area contributed by atoms with Crippen molar-refractivity contribution in [1.82, 2.24) is 14.9 Å². The van der Waals surface area contributed by atoms with E-state index in [0.29, 0.717) is 23.9 Å². The van der Waals surface area contributed by atoms with Gasteiger partial charge in [-0.25, -0.2) is 4.39 Å². The minimum absolute atomic E-state index is 0.145. The summed E-state index contributed by atoms with van der Waals surface area (Å²) in [6.45, 7) is 6.01. The molecule has 1 saturated heterocycles. The number of nitrogens with one attached hydrogen (secondary N) is 1. The van der Waals surface area contributed by atoms with Crippen LogP contribution in [0.1, 0.15) is 23.8 Å². The molecule has 0 amide bonds. The zero-order valence-electron chi connectivity index (χ0n) is 20.3. The molecule has 0 spiro atoms. The average Bonchev–Trinajstić information content (AvgIpc) is 3.62. The maximum absolute atomic E-state index is 15.3. The summed E-state index contributed by atoms with van der Waals surface area (Å²) in [6.07, 6.45) is 6.20. The monoisotopic (exact) mass is 486 g/mol. The molecule has 3 aromatic rings. The molecule has 9 heteroatoms. The third-order valence-electron chi connectivity index (χ3n) is 6.63. The highest BCUT2D eigenvalue weighted by molar-refractivity contribution is 6.09. The van der Waals surface area contributed by atoms with E-state index in [-0.39, 0.29) is 17.4 Å². The number of ether oxygens (including phenoxy) is 1. The number of furan rings is 1. The number of aromatic nitrogens is 2. The van der Waals surface area contributed by atoms with E-state index >= 15 is 4.39 Å². The topological polar surface area (TPSA) is 79.0 Å². The van der Waals surface area contributed by atoms with Crippen molar-refractivity contribution in [3.63, 3.8) is 0 Å². The lowest BCUT2D eigenvalue weighted by Crippen LogP contribution is -2.44. The predicted molar refractivity (Wildman–Crippen MR) is 138 cm³/mol. The van der Waals surface area contributed by atoms with Crippen LogP contribution in [0.3, 0.4) is 0 Å². The Labute approximate surface area is 208 Å². The molecule has 1 aliphatic carbocycles. The van der Waals surface area contributed by atoms with Crippen molar-refractivity contribution >= 4 is 29.3 Å². The van der Waals surface area contributed by atoms with Gasteiger partial charge in [-0.3, -0.25) is 4.99 Å². The Morgan fingerprint density at radius 1 is 1.08 bits per heavy atom. The van der Waals surface area contributed by atoms with Gasteiger partial charge in [0.2, 0.25) is 11.8 Å². The van der Waals surface area contributed by atoms with Gasteiger partial charge < -0.3 is 24.3 Å². The summed E-state index contributed by atoms with van der Waals surface area (Å²) in [4.78, 5) is 18.3. The number of aliphatic imine (C=N–C) groups is 1. The lowest BCUT2D eigenvalue weighted by Gasteiger charge is -2.33. The number of benzene rings is 1. The number of likely N-dealkylation sites (N-methyl/N-ethyl adjacent to an activating group) is 1. The van der Waals surface area contributed by atoms with Crippen molar-refractivity contribution < 1.29 is 13.5 Å². The molecule has 1 N–H and O–H groups in total. The average molecular weight is 487 g/mol. The Morgan fingerprint density at radius 2 is 1.94 bits per heavy atom. The quantitative estimate of drug-likeness (QED) is 0.564. The van der Waals surface area contributed by atoms with Crippen LogP contribution in [-0.4, -0.2) is 60.5 Å². The number of allylic oxidation sites excluding steroid dienone is 1. The van der Waals surface area contributed by atoms with Crippen LogP contribution in [-0.2, 0) is 6.42 Å². The number of piperazine rings is 1. The first-order valence-corrected chi connectivity index (χ1v) is 12.1. The molecule has 0 atom stereocenters. The molecule has 0 radical (unpaired) electrons. The summed E-state index contributed by atoms with van der Waals surface area (Å²) >= 11 is 0. The smallest absolute Gasteiger partial charge is 0.233 e. The molecule has 36 heavy (non-hydrogen) atoms. The van der Waals surface area contributed by atoms with Gasteiger partial charge in [0, 0.05) is 43.4 Å². The molecule has 0 bridgehead atoms. The fourth-order valence-corrected chi connectivity index (χ4v) is 4.66. The molecule has 6 rings (SSSR count). The van der Waals surface area contributed by atoms with Crippen LogP contribution in [0.5, 0.6) is 11.6 Å². The van der Waals surface area contributed by atoms with Gasteiger partial charge in [0.05, 0.1) is 12.8 Å². The molecule has 8 nitrogen and oxygen atoms in total. The number of hydrogen-bond acceptors (Lipinski definition) is 8. The molecule has 2 aliphatic heterocycles. The van der Waals surface area contributed by atoms with Crippen molar-refractivity contribution in [3.8, 4) is 11.6 Å². The number of nitrogens with zero attached hydrogens (tertiary/aromatic N) is 5. The van der Waals surface area contributed by atoms with Gasteiger partial charge in [-0.2, -0.15) is 9.97 Å². The Balaban J connectivity index is 1.30. The summed E-state index contributed by atoms with van der Waals surface area (Å²) in [6, 6.07) is 9.11. The van der Waals surface area contributed by atoms with Gasteiger partial charge in [0.25, 0.3) is 0 Å². The van der Waals surface area contributed by atoms with Crippen molar-refractivity contribution in [2.24, 2.45) is 4.99 Å².